The van der Waals surface area contributed by atoms with E-state index in [9.17, 15) is 9.59 Å². The largest absolute Gasteiger partial charge is 0.465 e. The Bertz CT molecular complexity index is 1830. The molecule has 7 nitrogen and oxygen atoms in total. The molecule has 1 heterocycles. The topological polar surface area (TPSA) is 84.7 Å². The van der Waals surface area contributed by atoms with Crippen LogP contribution in [0, 0.1) is 6.92 Å². The van der Waals surface area contributed by atoms with Gasteiger partial charge in [0.15, 0.2) is 5.76 Å². The standard InChI is InChI=1S/C38H37N3O4/c1-5-44-37(43)38(21-22-38)32-19-17-27(18-20-32)26-13-15-28(16-14-26)35-34(25(2)40-45-35)39-36(42)30-11-8-10-29(23-30)33-12-7-6-9-31(33)24-41(3)4/h6-20,23H,5,21-22,24H2,1-4H3,(H,39,42). The van der Waals surface area contributed by atoms with Crippen molar-refractivity contribution in [1.29, 1.82) is 0 Å². The van der Waals surface area contributed by atoms with E-state index in [0.717, 1.165) is 52.8 Å². The first-order chi connectivity index (χ1) is 21.8. The zero-order chi connectivity index (χ0) is 31.6. The summed E-state index contributed by atoms with van der Waals surface area (Å²) in [7, 11) is 4.09. The summed E-state index contributed by atoms with van der Waals surface area (Å²) in [5.41, 5.74) is 8.36. The molecule has 1 aromatic heterocycles. The van der Waals surface area contributed by atoms with Gasteiger partial charge in [0.1, 0.15) is 11.4 Å². The van der Waals surface area contributed by atoms with Gasteiger partial charge in [0.05, 0.1) is 12.0 Å². The van der Waals surface area contributed by atoms with E-state index < -0.39 is 5.41 Å². The highest BCUT2D eigenvalue weighted by Crippen LogP contribution is 2.49. The van der Waals surface area contributed by atoms with Crippen molar-refractivity contribution in [1.82, 2.24) is 10.1 Å². The zero-order valence-corrected chi connectivity index (χ0v) is 26.1. The van der Waals surface area contributed by atoms with Crippen molar-refractivity contribution in [3.63, 3.8) is 0 Å². The zero-order valence-electron chi connectivity index (χ0n) is 26.1. The van der Waals surface area contributed by atoms with E-state index in [1.54, 1.807) is 0 Å². The molecule has 1 fully saturated rings. The highest BCUT2D eigenvalue weighted by molar-refractivity contribution is 6.07. The van der Waals surface area contributed by atoms with Gasteiger partial charge in [-0.2, -0.15) is 0 Å². The molecule has 5 aromatic rings. The van der Waals surface area contributed by atoms with Gasteiger partial charge in [0.25, 0.3) is 5.91 Å². The Morgan fingerprint density at radius 1 is 0.867 bits per heavy atom. The van der Waals surface area contributed by atoms with E-state index in [4.69, 9.17) is 9.26 Å². The second-order valence-electron chi connectivity index (χ2n) is 11.9. The van der Waals surface area contributed by atoms with Crippen molar-refractivity contribution >= 4 is 17.6 Å². The second-order valence-corrected chi connectivity index (χ2v) is 11.9. The molecular weight excluding hydrogens is 562 g/mol. The number of carbonyl (C=O) groups is 2. The molecule has 7 heteroatoms. The number of anilines is 1. The third-order valence-corrected chi connectivity index (χ3v) is 8.38. The summed E-state index contributed by atoms with van der Waals surface area (Å²) in [6.07, 6.45) is 1.65. The van der Waals surface area contributed by atoms with Crippen molar-refractivity contribution < 1.29 is 18.8 Å². The molecule has 45 heavy (non-hydrogen) atoms. The summed E-state index contributed by atoms with van der Waals surface area (Å²) in [5, 5.41) is 7.21. The predicted octanol–water partition coefficient (Wildman–Crippen LogP) is 7.89. The van der Waals surface area contributed by atoms with Crippen molar-refractivity contribution in [2.24, 2.45) is 0 Å². The molecule has 0 saturated heterocycles. The lowest BCUT2D eigenvalue weighted by Crippen LogP contribution is -2.23. The van der Waals surface area contributed by atoms with Crippen LogP contribution in [0.4, 0.5) is 5.69 Å². The van der Waals surface area contributed by atoms with Gasteiger partial charge in [0.2, 0.25) is 0 Å². The lowest BCUT2D eigenvalue weighted by atomic mass is 9.93. The van der Waals surface area contributed by atoms with Crippen molar-refractivity contribution in [3.05, 3.63) is 119 Å². The first-order valence-electron chi connectivity index (χ1n) is 15.3. The minimum atomic E-state index is -0.485. The maximum Gasteiger partial charge on any atom is 0.316 e. The van der Waals surface area contributed by atoms with Gasteiger partial charge in [-0.05, 0) is 86.3 Å². The second kappa shape index (κ2) is 12.5. The number of aromatic nitrogens is 1. The summed E-state index contributed by atoms with van der Waals surface area (Å²) in [6.45, 7) is 4.84. The number of esters is 1. The van der Waals surface area contributed by atoms with Crippen LogP contribution in [0.5, 0.6) is 0 Å². The maximum absolute atomic E-state index is 13.5. The number of nitrogens with zero attached hydrogens (tertiary/aromatic N) is 2. The van der Waals surface area contributed by atoms with Gasteiger partial charge >= 0.3 is 5.97 Å². The average molecular weight is 600 g/mol. The molecule has 1 aliphatic rings. The van der Waals surface area contributed by atoms with Gasteiger partial charge in [-0.3, -0.25) is 9.59 Å². The fourth-order valence-corrected chi connectivity index (χ4v) is 5.81. The fourth-order valence-electron chi connectivity index (χ4n) is 5.81. The van der Waals surface area contributed by atoms with E-state index in [1.165, 1.54) is 5.56 Å². The van der Waals surface area contributed by atoms with E-state index in [2.05, 4.69) is 27.5 Å². The van der Waals surface area contributed by atoms with Crippen molar-refractivity contribution in [2.75, 3.05) is 26.0 Å². The molecule has 0 aliphatic heterocycles. The lowest BCUT2D eigenvalue weighted by Gasteiger charge is -2.15. The maximum atomic E-state index is 13.5. The average Bonchev–Trinajstić information content (AvgIpc) is 3.80. The van der Waals surface area contributed by atoms with Gasteiger partial charge < -0.3 is 19.5 Å². The molecular formula is C38H37N3O4. The lowest BCUT2D eigenvalue weighted by molar-refractivity contribution is -0.146. The van der Waals surface area contributed by atoms with E-state index in [0.29, 0.717) is 29.3 Å². The Morgan fingerprint density at radius 3 is 2.20 bits per heavy atom. The van der Waals surface area contributed by atoms with Crippen LogP contribution in [-0.2, 0) is 21.5 Å². The van der Waals surface area contributed by atoms with Crippen LogP contribution in [0.3, 0.4) is 0 Å². The predicted molar refractivity (Wildman–Crippen MR) is 177 cm³/mol. The summed E-state index contributed by atoms with van der Waals surface area (Å²) in [4.78, 5) is 28.1. The van der Waals surface area contributed by atoms with Crippen LogP contribution in [0.2, 0.25) is 0 Å². The number of hydrogen-bond donors (Lipinski definition) is 1. The number of rotatable bonds is 10. The first-order valence-corrected chi connectivity index (χ1v) is 15.3. The number of amides is 1. The van der Waals surface area contributed by atoms with Gasteiger partial charge in [-0.1, -0.05) is 90.1 Å². The summed E-state index contributed by atoms with van der Waals surface area (Å²) in [6, 6.07) is 32.0. The number of aryl methyl sites for hydroxylation is 1. The molecule has 6 rings (SSSR count). The minimum Gasteiger partial charge on any atom is -0.465 e. The van der Waals surface area contributed by atoms with Crippen LogP contribution >= 0.6 is 0 Å². The molecule has 0 atom stereocenters. The molecule has 228 valence electrons. The number of carbonyl (C=O) groups excluding carboxylic acids is 2. The highest BCUT2D eigenvalue weighted by atomic mass is 16.5. The van der Waals surface area contributed by atoms with E-state index >= 15 is 0 Å². The van der Waals surface area contributed by atoms with Crippen LogP contribution in [0.25, 0.3) is 33.6 Å². The minimum absolute atomic E-state index is 0.134. The molecule has 1 amide bonds. The quantitative estimate of drug-likeness (QED) is 0.164. The van der Waals surface area contributed by atoms with E-state index in [1.807, 2.05) is 113 Å². The molecule has 0 spiro atoms. The number of benzene rings is 4. The van der Waals surface area contributed by atoms with Crippen molar-refractivity contribution in [2.45, 2.75) is 38.6 Å². The molecule has 4 aromatic carbocycles. The Labute approximate surface area is 263 Å². The highest BCUT2D eigenvalue weighted by Gasteiger charge is 2.52. The van der Waals surface area contributed by atoms with Crippen LogP contribution < -0.4 is 5.32 Å². The molecule has 0 bridgehead atoms. The Morgan fingerprint density at radius 2 is 1.53 bits per heavy atom. The summed E-state index contributed by atoms with van der Waals surface area (Å²) < 4.78 is 11.0. The smallest absolute Gasteiger partial charge is 0.316 e. The molecule has 1 N–H and O–H groups in total. The monoisotopic (exact) mass is 599 g/mol. The Kier molecular flexibility index (Phi) is 8.37. The molecule has 1 aliphatic carbocycles. The third kappa shape index (κ3) is 6.17. The number of ether oxygens (including phenoxy) is 1. The van der Waals surface area contributed by atoms with Crippen LogP contribution in [0.15, 0.2) is 102 Å². The summed E-state index contributed by atoms with van der Waals surface area (Å²) >= 11 is 0. The first kappa shape index (κ1) is 30.0. The van der Waals surface area contributed by atoms with Crippen LogP contribution in [-0.4, -0.2) is 42.6 Å². The molecule has 1 saturated carbocycles. The number of hydrogen-bond acceptors (Lipinski definition) is 6. The SMILES string of the molecule is CCOC(=O)C1(c2ccc(-c3ccc(-c4onc(C)c4NC(=O)c4cccc(-c5ccccc5CN(C)C)c4)cc3)cc2)CC1. The van der Waals surface area contributed by atoms with Gasteiger partial charge in [-0.25, -0.2) is 0 Å². The normalized spacial score (nSPS) is 13.4. The Balaban J connectivity index is 1.20. The van der Waals surface area contributed by atoms with Gasteiger partial charge in [-0.15, -0.1) is 0 Å². The van der Waals surface area contributed by atoms with Crippen LogP contribution in [0.1, 0.15) is 46.9 Å². The third-order valence-electron chi connectivity index (χ3n) is 8.38. The Hall–Kier alpha value is -5.01. The fraction of sp³-hybridized carbons (Fsp3) is 0.237. The molecule has 0 unspecified atom stereocenters. The summed E-state index contributed by atoms with van der Waals surface area (Å²) in [5.74, 6) is 0.133. The van der Waals surface area contributed by atoms with Crippen molar-refractivity contribution in [3.8, 4) is 33.6 Å². The van der Waals surface area contributed by atoms with Gasteiger partial charge in [0, 0.05) is 17.7 Å². The molecule has 0 radical (unpaired) electrons. The van der Waals surface area contributed by atoms with E-state index in [-0.39, 0.29) is 11.9 Å². The number of nitrogens with one attached hydrogen (secondary N) is 1.